The van der Waals surface area contributed by atoms with Crippen molar-refractivity contribution < 1.29 is 9.53 Å². The summed E-state index contributed by atoms with van der Waals surface area (Å²) < 4.78 is 6.84. The average Bonchev–Trinajstić information content (AvgIpc) is 3.28. The molecule has 164 valence electrons. The van der Waals surface area contributed by atoms with E-state index in [1.807, 2.05) is 35.7 Å². The first-order chi connectivity index (χ1) is 15.5. The number of aromatic nitrogens is 2. The third kappa shape index (κ3) is 4.56. The van der Waals surface area contributed by atoms with Gasteiger partial charge in [0.2, 0.25) is 5.91 Å². The van der Waals surface area contributed by atoms with Gasteiger partial charge in [0.05, 0.1) is 18.2 Å². The van der Waals surface area contributed by atoms with Crippen LogP contribution in [-0.2, 0) is 17.9 Å². The van der Waals surface area contributed by atoms with E-state index in [-0.39, 0.29) is 17.2 Å². The fraction of sp³-hybridized carbons (Fsp3) is 0.208. The lowest BCUT2D eigenvalue weighted by Crippen LogP contribution is -2.28. The highest BCUT2D eigenvalue weighted by atomic mass is 32.2. The number of fused-ring (bicyclic) bond motifs is 2. The van der Waals surface area contributed by atoms with Crippen molar-refractivity contribution in [2.24, 2.45) is 0 Å². The van der Waals surface area contributed by atoms with E-state index in [0.29, 0.717) is 28.5 Å². The summed E-state index contributed by atoms with van der Waals surface area (Å²) in [4.78, 5) is 32.5. The van der Waals surface area contributed by atoms with Crippen molar-refractivity contribution in [2.45, 2.75) is 18.2 Å². The molecule has 0 aliphatic heterocycles. The Balaban J connectivity index is 1.46. The molecular weight excluding hydrogens is 442 g/mol. The fourth-order valence-electron chi connectivity index (χ4n) is 3.43. The fourth-order valence-corrected chi connectivity index (χ4v) is 5.18. The van der Waals surface area contributed by atoms with E-state index in [2.05, 4.69) is 17.6 Å². The maximum Gasteiger partial charge on any atom is 0.263 e. The molecule has 0 saturated heterocycles. The molecule has 8 heteroatoms. The molecule has 4 rings (SSSR count). The van der Waals surface area contributed by atoms with Gasteiger partial charge in [-0.05, 0) is 46.0 Å². The molecular formula is C24H23N3O3S2. The molecule has 0 radical (unpaired) electrons. The second-order valence-electron chi connectivity index (χ2n) is 7.32. The first-order valence-electron chi connectivity index (χ1n) is 10.0. The second-order valence-corrected chi connectivity index (χ2v) is 9.16. The van der Waals surface area contributed by atoms with Crippen LogP contribution >= 0.6 is 23.1 Å². The van der Waals surface area contributed by atoms with E-state index < -0.39 is 0 Å². The summed E-state index contributed by atoms with van der Waals surface area (Å²) in [5.74, 6) is 0.983. The molecule has 0 atom stereocenters. The monoisotopic (exact) mass is 465 g/mol. The van der Waals surface area contributed by atoms with Gasteiger partial charge in [0.1, 0.15) is 10.6 Å². The van der Waals surface area contributed by atoms with Gasteiger partial charge in [-0.3, -0.25) is 14.2 Å². The zero-order valence-electron chi connectivity index (χ0n) is 17.9. The standard InChI is InChI=1S/C24H23N3O3S2/c1-4-10-27-23(29)20-9-11-31-22(20)25-24(27)32-15-21(28)26(2)14-16-5-6-18-13-19(30-3)8-7-17(18)12-16/h4-9,11-13H,1,10,14-15H2,2-3H3. The van der Waals surface area contributed by atoms with Crippen LogP contribution in [0.25, 0.3) is 21.0 Å². The van der Waals surface area contributed by atoms with Crippen LogP contribution < -0.4 is 10.3 Å². The first kappa shape index (κ1) is 22.1. The quantitative estimate of drug-likeness (QED) is 0.217. The molecule has 0 N–H and O–H groups in total. The number of carbonyl (C=O) groups is 1. The van der Waals surface area contributed by atoms with Crippen LogP contribution in [0.15, 0.2) is 70.5 Å². The zero-order chi connectivity index (χ0) is 22.7. The first-order valence-corrected chi connectivity index (χ1v) is 11.9. The molecule has 0 fully saturated rings. The summed E-state index contributed by atoms with van der Waals surface area (Å²) in [5, 5.41) is 5.17. The van der Waals surface area contributed by atoms with Gasteiger partial charge < -0.3 is 9.64 Å². The molecule has 0 spiro atoms. The topological polar surface area (TPSA) is 64.4 Å². The van der Waals surface area contributed by atoms with E-state index in [4.69, 9.17) is 4.74 Å². The molecule has 0 aliphatic carbocycles. The van der Waals surface area contributed by atoms with Crippen LogP contribution in [0.1, 0.15) is 5.56 Å². The molecule has 2 aromatic carbocycles. The number of allylic oxidation sites excluding steroid dienone is 1. The SMILES string of the molecule is C=CCn1c(SCC(=O)N(C)Cc2ccc3cc(OC)ccc3c2)nc2sccc2c1=O. The Hall–Kier alpha value is -3.10. The summed E-state index contributed by atoms with van der Waals surface area (Å²) in [6.07, 6.45) is 1.66. The number of hydrogen-bond acceptors (Lipinski definition) is 6. The Morgan fingerprint density at radius 1 is 1.25 bits per heavy atom. The molecule has 0 saturated carbocycles. The van der Waals surface area contributed by atoms with Crippen molar-refractivity contribution in [3.8, 4) is 5.75 Å². The van der Waals surface area contributed by atoms with E-state index in [1.54, 1.807) is 35.8 Å². The van der Waals surface area contributed by atoms with Gasteiger partial charge in [-0.2, -0.15) is 0 Å². The van der Waals surface area contributed by atoms with Crippen molar-refractivity contribution in [1.29, 1.82) is 0 Å². The van der Waals surface area contributed by atoms with Gasteiger partial charge in [0.25, 0.3) is 5.56 Å². The molecule has 6 nitrogen and oxygen atoms in total. The van der Waals surface area contributed by atoms with Crippen LogP contribution in [0.4, 0.5) is 0 Å². The molecule has 0 bridgehead atoms. The molecule has 0 aliphatic rings. The minimum Gasteiger partial charge on any atom is -0.497 e. The highest BCUT2D eigenvalue weighted by Gasteiger charge is 2.15. The number of thioether (sulfide) groups is 1. The summed E-state index contributed by atoms with van der Waals surface area (Å²) in [6.45, 7) is 4.58. The minimum atomic E-state index is -0.104. The van der Waals surface area contributed by atoms with Crippen molar-refractivity contribution >= 4 is 50.0 Å². The maximum atomic E-state index is 12.8. The van der Waals surface area contributed by atoms with Gasteiger partial charge in [0.15, 0.2) is 5.16 Å². The predicted octanol–water partition coefficient (Wildman–Crippen LogP) is 4.56. The lowest BCUT2D eigenvalue weighted by Gasteiger charge is -2.18. The van der Waals surface area contributed by atoms with E-state index in [0.717, 1.165) is 22.1 Å². The van der Waals surface area contributed by atoms with Crippen LogP contribution in [0.3, 0.4) is 0 Å². The number of carbonyl (C=O) groups excluding carboxylic acids is 1. The molecule has 2 heterocycles. The van der Waals surface area contributed by atoms with E-state index in [9.17, 15) is 9.59 Å². The van der Waals surface area contributed by atoms with Gasteiger partial charge in [-0.25, -0.2) is 4.98 Å². The van der Waals surface area contributed by atoms with Gasteiger partial charge in [-0.15, -0.1) is 17.9 Å². The van der Waals surface area contributed by atoms with Crippen LogP contribution in [0.2, 0.25) is 0 Å². The van der Waals surface area contributed by atoms with Crippen LogP contribution in [-0.4, -0.2) is 40.3 Å². The number of amides is 1. The lowest BCUT2D eigenvalue weighted by atomic mass is 10.1. The smallest absolute Gasteiger partial charge is 0.263 e. The maximum absolute atomic E-state index is 12.8. The molecule has 32 heavy (non-hydrogen) atoms. The number of methoxy groups -OCH3 is 1. The van der Waals surface area contributed by atoms with Gasteiger partial charge in [-0.1, -0.05) is 36.0 Å². The second kappa shape index (κ2) is 9.58. The summed E-state index contributed by atoms with van der Waals surface area (Å²) in [6, 6.07) is 13.9. The Morgan fingerprint density at radius 3 is 2.81 bits per heavy atom. The van der Waals surface area contributed by atoms with Gasteiger partial charge >= 0.3 is 0 Å². The van der Waals surface area contributed by atoms with Crippen LogP contribution in [0.5, 0.6) is 5.75 Å². The summed E-state index contributed by atoms with van der Waals surface area (Å²) in [5.41, 5.74) is 0.942. The molecule has 2 aromatic heterocycles. The number of thiophene rings is 1. The molecule has 4 aromatic rings. The third-order valence-corrected chi connectivity index (χ3v) is 6.91. The molecule has 1 amide bonds. The number of nitrogens with zero attached hydrogens (tertiary/aromatic N) is 3. The minimum absolute atomic E-state index is 0.0319. The number of benzene rings is 2. The molecule has 0 unspecified atom stereocenters. The lowest BCUT2D eigenvalue weighted by molar-refractivity contribution is -0.127. The van der Waals surface area contributed by atoms with E-state index in [1.165, 1.54) is 23.1 Å². The van der Waals surface area contributed by atoms with Crippen molar-refractivity contribution in [3.63, 3.8) is 0 Å². The average molecular weight is 466 g/mol. The predicted molar refractivity (Wildman–Crippen MR) is 132 cm³/mol. The normalized spacial score (nSPS) is 11.1. The Morgan fingerprint density at radius 2 is 2.03 bits per heavy atom. The number of hydrogen-bond donors (Lipinski definition) is 0. The van der Waals surface area contributed by atoms with Crippen molar-refractivity contribution in [1.82, 2.24) is 14.5 Å². The summed E-state index contributed by atoms with van der Waals surface area (Å²) >= 11 is 2.70. The highest BCUT2D eigenvalue weighted by Crippen LogP contribution is 2.24. The number of ether oxygens (including phenoxy) is 1. The third-order valence-electron chi connectivity index (χ3n) is 5.14. The zero-order valence-corrected chi connectivity index (χ0v) is 19.5. The Bertz CT molecular complexity index is 1360. The highest BCUT2D eigenvalue weighted by molar-refractivity contribution is 7.99. The largest absolute Gasteiger partial charge is 0.497 e. The Kier molecular flexibility index (Phi) is 6.62. The van der Waals surface area contributed by atoms with Crippen molar-refractivity contribution in [2.75, 3.05) is 19.9 Å². The number of rotatable bonds is 8. The Labute approximate surface area is 194 Å². The van der Waals surface area contributed by atoms with Crippen LogP contribution in [0, 0.1) is 0 Å². The van der Waals surface area contributed by atoms with Crippen molar-refractivity contribution in [3.05, 3.63) is 76.4 Å². The van der Waals surface area contributed by atoms with Gasteiger partial charge in [0, 0.05) is 20.1 Å². The van der Waals surface area contributed by atoms with E-state index >= 15 is 0 Å². The summed E-state index contributed by atoms with van der Waals surface area (Å²) in [7, 11) is 3.44.